The Morgan fingerprint density at radius 2 is 2.12 bits per heavy atom. The highest BCUT2D eigenvalue weighted by molar-refractivity contribution is 8.04. The maximum absolute atomic E-state index is 12.1. The van der Waals surface area contributed by atoms with Crippen LogP contribution in [0.15, 0.2) is 41.4 Å². The van der Waals surface area contributed by atoms with E-state index in [1.165, 1.54) is 43.4 Å². The normalized spacial score (nSPS) is 22.8. The van der Waals surface area contributed by atoms with Crippen LogP contribution in [0.5, 0.6) is 0 Å². The first-order chi connectivity index (χ1) is 12.2. The van der Waals surface area contributed by atoms with Crippen LogP contribution in [0.3, 0.4) is 0 Å². The minimum absolute atomic E-state index is 0.0705. The van der Waals surface area contributed by atoms with Crippen molar-refractivity contribution in [3.8, 4) is 0 Å². The molecule has 1 amide bonds. The molecule has 0 aromatic heterocycles. The third-order valence-corrected chi connectivity index (χ3v) is 5.75. The summed E-state index contributed by atoms with van der Waals surface area (Å²) >= 11 is 1.41. The van der Waals surface area contributed by atoms with Crippen molar-refractivity contribution in [2.75, 3.05) is 32.5 Å². The summed E-state index contributed by atoms with van der Waals surface area (Å²) in [4.78, 5) is 27.7. The van der Waals surface area contributed by atoms with E-state index in [9.17, 15) is 9.59 Å². The van der Waals surface area contributed by atoms with Crippen LogP contribution < -0.4 is 0 Å². The number of methoxy groups -OCH3 is 1. The van der Waals surface area contributed by atoms with Gasteiger partial charge >= 0.3 is 5.97 Å². The molecule has 2 saturated heterocycles. The average molecular weight is 360 g/mol. The third kappa shape index (κ3) is 4.44. The molecule has 0 unspecified atom stereocenters. The van der Waals surface area contributed by atoms with E-state index in [0.717, 1.165) is 19.5 Å². The summed E-state index contributed by atoms with van der Waals surface area (Å²) in [6.45, 7) is 2.71. The van der Waals surface area contributed by atoms with E-state index in [-0.39, 0.29) is 5.91 Å². The monoisotopic (exact) mass is 360 g/mol. The molecule has 5 nitrogen and oxygen atoms in total. The number of hydrogen-bond acceptors (Lipinski definition) is 5. The van der Waals surface area contributed by atoms with Gasteiger partial charge in [0.1, 0.15) is 0 Å². The van der Waals surface area contributed by atoms with Crippen molar-refractivity contribution in [1.29, 1.82) is 0 Å². The number of ether oxygens (including phenoxy) is 1. The quantitative estimate of drug-likeness (QED) is 0.577. The number of hydrogen-bond donors (Lipinski definition) is 0. The van der Waals surface area contributed by atoms with Crippen LogP contribution >= 0.6 is 11.8 Å². The van der Waals surface area contributed by atoms with E-state index in [0.29, 0.717) is 23.4 Å². The zero-order valence-electron chi connectivity index (χ0n) is 14.5. The van der Waals surface area contributed by atoms with Crippen LogP contribution in [0.1, 0.15) is 30.9 Å². The molecule has 2 aliphatic heterocycles. The lowest BCUT2D eigenvalue weighted by Gasteiger charge is -2.26. The smallest absolute Gasteiger partial charge is 0.333 e. The summed E-state index contributed by atoms with van der Waals surface area (Å²) < 4.78 is 4.67. The van der Waals surface area contributed by atoms with Crippen molar-refractivity contribution in [1.82, 2.24) is 9.80 Å². The van der Waals surface area contributed by atoms with E-state index < -0.39 is 5.97 Å². The zero-order valence-corrected chi connectivity index (χ0v) is 15.3. The Morgan fingerprint density at radius 3 is 2.88 bits per heavy atom. The highest BCUT2D eigenvalue weighted by Gasteiger charge is 2.29. The number of esters is 1. The van der Waals surface area contributed by atoms with Crippen molar-refractivity contribution in [3.63, 3.8) is 0 Å². The van der Waals surface area contributed by atoms with Gasteiger partial charge in [-0.1, -0.05) is 42.1 Å². The van der Waals surface area contributed by atoms with Gasteiger partial charge in [-0.2, -0.15) is 0 Å². The maximum Gasteiger partial charge on any atom is 0.333 e. The van der Waals surface area contributed by atoms with Crippen molar-refractivity contribution in [2.24, 2.45) is 0 Å². The second kappa shape index (κ2) is 8.54. The third-order valence-electron chi connectivity index (χ3n) is 4.73. The first kappa shape index (κ1) is 18.0. The van der Waals surface area contributed by atoms with Gasteiger partial charge in [-0.05, 0) is 31.4 Å². The molecular weight excluding hydrogens is 336 g/mol. The van der Waals surface area contributed by atoms with Gasteiger partial charge in [0.2, 0.25) is 5.91 Å². The van der Waals surface area contributed by atoms with Gasteiger partial charge in [0.25, 0.3) is 0 Å². The van der Waals surface area contributed by atoms with E-state index in [1.54, 1.807) is 4.90 Å². The molecule has 3 rings (SSSR count). The first-order valence-electron chi connectivity index (χ1n) is 8.71. The first-order valence-corrected chi connectivity index (χ1v) is 9.69. The van der Waals surface area contributed by atoms with Crippen LogP contribution in [-0.4, -0.2) is 54.2 Å². The van der Waals surface area contributed by atoms with Crippen LogP contribution in [0, 0.1) is 0 Å². The minimum atomic E-state index is -0.411. The number of carbonyl (C=O) groups excluding carboxylic acids is 2. The number of amides is 1. The molecule has 25 heavy (non-hydrogen) atoms. The molecule has 0 bridgehead atoms. The summed E-state index contributed by atoms with van der Waals surface area (Å²) in [6, 6.07) is 11.1. The molecule has 0 radical (unpaired) electrons. The summed E-state index contributed by atoms with van der Waals surface area (Å²) in [5.41, 5.74) is 1.37. The standard InChI is InChI=1S/C19H24N2O3S/c1-24-19(23)13-18-21(17(22)14-25-18)12-6-11-20-10-5-9-16(20)15-7-3-2-4-8-15/h2-4,7-8,13,16H,5-6,9-12,14H2,1H3/b18-13-/t16-/m1/s1. The summed E-state index contributed by atoms with van der Waals surface area (Å²) in [6.07, 6.45) is 4.72. The van der Waals surface area contributed by atoms with Crippen LogP contribution in [0.2, 0.25) is 0 Å². The number of thioether (sulfide) groups is 1. The zero-order chi connectivity index (χ0) is 17.6. The Hall–Kier alpha value is -1.79. The number of benzene rings is 1. The second-order valence-corrected chi connectivity index (χ2v) is 7.29. The molecule has 6 heteroatoms. The van der Waals surface area contributed by atoms with Gasteiger partial charge < -0.3 is 9.64 Å². The van der Waals surface area contributed by atoms with Gasteiger partial charge in [-0.3, -0.25) is 9.69 Å². The van der Waals surface area contributed by atoms with E-state index in [4.69, 9.17) is 0 Å². The fourth-order valence-electron chi connectivity index (χ4n) is 3.51. The fraction of sp³-hybridized carbons (Fsp3) is 0.474. The summed E-state index contributed by atoms with van der Waals surface area (Å²) in [5, 5.41) is 0.706. The van der Waals surface area contributed by atoms with Crippen molar-refractivity contribution in [3.05, 3.63) is 47.0 Å². The average Bonchev–Trinajstić information content (AvgIpc) is 3.24. The minimum Gasteiger partial charge on any atom is -0.466 e. The van der Waals surface area contributed by atoms with Gasteiger partial charge in [-0.25, -0.2) is 4.79 Å². The van der Waals surface area contributed by atoms with E-state index >= 15 is 0 Å². The maximum atomic E-state index is 12.1. The van der Waals surface area contributed by atoms with Gasteiger partial charge in [0, 0.05) is 19.1 Å². The lowest BCUT2D eigenvalue weighted by atomic mass is 10.0. The topological polar surface area (TPSA) is 49.9 Å². The van der Waals surface area contributed by atoms with E-state index in [1.807, 2.05) is 0 Å². The van der Waals surface area contributed by atoms with Gasteiger partial charge in [0.15, 0.2) is 0 Å². The molecular formula is C19H24N2O3S. The second-order valence-electron chi connectivity index (χ2n) is 6.30. The lowest BCUT2D eigenvalue weighted by molar-refractivity contribution is -0.134. The molecule has 1 aromatic rings. The Balaban J connectivity index is 1.55. The van der Waals surface area contributed by atoms with E-state index in [2.05, 4.69) is 40.0 Å². The number of rotatable bonds is 6. The molecule has 2 fully saturated rings. The Bertz CT molecular complexity index is 647. The molecule has 134 valence electrons. The fourth-order valence-corrected chi connectivity index (χ4v) is 4.46. The number of likely N-dealkylation sites (tertiary alicyclic amines) is 1. The molecule has 0 saturated carbocycles. The van der Waals surface area contributed by atoms with Crippen molar-refractivity contribution in [2.45, 2.75) is 25.3 Å². The Kier molecular flexibility index (Phi) is 6.15. The molecule has 0 aliphatic carbocycles. The lowest BCUT2D eigenvalue weighted by Crippen LogP contribution is -2.30. The Labute approximate surface area is 153 Å². The summed E-state index contributed by atoms with van der Waals surface area (Å²) in [5.74, 6) is 0.0613. The molecule has 0 N–H and O–H groups in total. The van der Waals surface area contributed by atoms with Crippen LogP contribution in [0.25, 0.3) is 0 Å². The van der Waals surface area contributed by atoms with Gasteiger partial charge in [-0.15, -0.1) is 0 Å². The van der Waals surface area contributed by atoms with Crippen LogP contribution in [0.4, 0.5) is 0 Å². The molecule has 2 heterocycles. The van der Waals surface area contributed by atoms with Crippen LogP contribution in [-0.2, 0) is 14.3 Å². The SMILES string of the molecule is COC(=O)/C=C1\SCC(=O)N1CCCN1CCC[C@@H]1c1ccccc1. The number of nitrogens with zero attached hydrogens (tertiary/aromatic N) is 2. The number of carbonyl (C=O) groups is 2. The highest BCUT2D eigenvalue weighted by atomic mass is 32.2. The highest BCUT2D eigenvalue weighted by Crippen LogP contribution is 2.32. The molecule has 2 aliphatic rings. The molecule has 0 spiro atoms. The predicted molar refractivity (Wildman–Crippen MR) is 98.9 cm³/mol. The van der Waals surface area contributed by atoms with Crippen molar-refractivity contribution >= 4 is 23.6 Å². The largest absolute Gasteiger partial charge is 0.466 e. The molecule has 1 aromatic carbocycles. The Morgan fingerprint density at radius 1 is 1.32 bits per heavy atom. The molecule has 1 atom stereocenters. The van der Waals surface area contributed by atoms with Crippen molar-refractivity contribution < 1.29 is 14.3 Å². The predicted octanol–water partition coefficient (Wildman–Crippen LogP) is 2.80. The van der Waals surface area contributed by atoms with Gasteiger partial charge in [0.05, 0.1) is 24.0 Å². The summed E-state index contributed by atoms with van der Waals surface area (Å²) in [7, 11) is 1.35.